The van der Waals surface area contributed by atoms with E-state index >= 15 is 0 Å². The number of hydrogen-bond acceptors (Lipinski definition) is 21. The molecule has 7 aromatic carbocycles. The van der Waals surface area contributed by atoms with Gasteiger partial charge in [-0.3, -0.25) is 62.5 Å². The van der Waals surface area contributed by atoms with Gasteiger partial charge in [-0.25, -0.2) is 0 Å². The quantitative estimate of drug-likeness (QED) is 0.0119. The van der Waals surface area contributed by atoms with Crippen LogP contribution in [0.25, 0.3) is 0 Å². The van der Waals surface area contributed by atoms with Crippen molar-refractivity contribution in [3.63, 3.8) is 0 Å². The molecule has 4 amide bonds. The summed E-state index contributed by atoms with van der Waals surface area (Å²) in [4.78, 5) is 155. The molecule has 25 heteroatoms. The van der Waals surface area contributed by atoms with E-state index in [1.807, 2.05) is 169 Å². The Bertz CT molecular complexity index is 4860. The van der Waals surface area contributed by atoms with Crippen molar-refractivity contribution in [2.45, 2.75) is 266 Å². The van der Waals surface area contributed by atoms with Crippen LogP contribution in [0.5, 0.6) is 0 Å². The van der Waals surface area contributed by atoms with E-state index in [9.17, 15) is 57.5 Å². The minimum absolute atomic E-state index is 0.0103. The summed E-state index contributed by atoms with van der Waals surface area (Å²) in [5.74, 6) is 1.26. The molecule has 0 aliphatic heterocycles. The van der Waals surface area contributed by atoms with Crippen LogP contribution >= 0.6 is 86.4 Å². The molecule has 8 rings (SSSR count). The number of nitrogens with one attached hydrogen (secondary N) is 4. The minimum Gasteiger partial charge on any atom is -0.356 e. The maximum Gasteiger partial charge on any atom is 0.251 e. The second kappa shape index (κ2) is 64.6. The van der Waals surface area contributed by atoms with Gasteiger partial charge in [-0.15, -0.1) is 0 Å². The van der Waals surface area contributed by atoms with Gasteiger partial charge in [-0.05, 0) is 171 Å². The number of pyridine rings is 1. The summed E-state index contributed by atoms with van der Waals surface area (Å²) in [6, 6.07) is 60.7. The van der Waals surface area contributed by atoms with Crippen LogP contribution in [0, 0.1) is 23.7 Å². The van der Waals surface area contributed by atoms with E-state index in [2.05, 4.69) is 81.6 Å². The number of carbonyl (C=O) groups is 12. The molecule has 4 N–H and O–H groups in total. The van der Waals surface area contributed by atoms with Crippen molar-refractivity contribution in [3.8, 4) is 0 Å². The van der Waals surface area contributed by atoms with Crippen LogP contribution in [0.4, 0.5) is 0 Å². The predicted molar refractivity (Wildman–Crippen MR) is 548 cm³/mol. The monoisotopic (exact) mass is 1910 g/mol. The normalized spacial score (nSPS) is 11.9. The fraction of sp³-hybridized carbons (Fsp3) is 0.438. The van der Waals surface area contributed by atoms with Gasteiger partial charge < -0.3 is 21.3 Å². The lowest BCUT2D eigenvalue weighted by molar-refractivity contribution is -0.122. The number of aryl methyl sites for hydroxylation is 2. The summed E-state index contributed by atoms with van der Waals surface area (Å²) in [6.45, 7) is 30.4. The number of ketones is 8. The lowest BCUT2D eigenvalue weighted by Crippen LogP contribution is -2.29. The largest absolute Gasteiger partial charge is 0.356 e. The molecule has 0 bridgehead atoms. The maximum atomic E-state index is 12.5. The Hall–Kier alpha value is -8.27. The first kappa shape index (κ1) is 112. The molecule has 1 heterocycles. The number of Topliss-reactive ketones (excluding diaryl/α,β-unsaturated/α-hetero) is 8. The fourth-order valence-corrected chi connectivity index (χ4v) is 22.1. The summed E-state index contributed by atoms with van der Waals surface area (Å²) in [7, 11) is 13.4. The van der Waals surface area contributed by atoms with Gasteiger partial charge in [0.1, 0.15) is 23.1 Å². The first-order chi connectivity index (χ1) is 62.3. The second-order valence-electron chi connectivity index (χ2n) is 33.7. The van der Waals surface area contributed by atoms with Gasteiger partial charge in [0.15, 0.2) is 23.1 Å². The molecule has 0 fully saturated rings. The molecule has 8 aromatic rings. The van der Waals surface area contributed by atoms with Crippen LogP contribution in [0.15, 0.2) is 220 Å². The Morgan fingerprint density at radius 3 is 0.985 bits per heavy atom. The van der Waals surface area contributed by atoms with E-state index in [-0.39, 0.29) is 129 Å². The Labute approximate surface area is 805 Å². The number of nitrogens with zero attached hydrogens (tertiary/aromatic N) is 1. The third-order valence-electron chi connectivity index (χ3n) is 20.5. The Morgan fingerprint density at radius 2 is 0.646 bits per heavy atom. The van der Waals surface area contributed by atoms with Crippen molar-refractivity contribution in [1.82, 2.24) is 26.3 Å². The van der Waals surface area contributed by atoms with E-state index in [0.29, 0.717) is 91.9 Å². The summed E-state index contributed by atoms with van der Waals surface area (Å²) >= 11 is 0. The zero-order valence-electron chi connectivity index (χ0n) is 78.3. The third-order valence-corrected chi connectivity index (χ3v) is 32.7. The number of carbonyl (C=O) groups excluding carboxylic acids is 12. The van der Waals surface area contributed by atoms with E-state index in [1.165, 1.54) is 0 Å². The van der Waals surface area contributed by atoms with Crippen LogP contribution in [0.2, 0.25) is 0 Å². The lowest BCUT2D eigenvalue weighted by Gasteiger charge is -2.13. The Morgan fingerprint density at radius 1 is 0.323 bits per heavy atom. The molecule has 130 heavy (non-hydrogen) atoms. The van der Waals surface area contributed by atoms with Crippen LogP contribution in [-0.4, -0.2) is 122 Å². The summed E-state index contributed by atoms with van der Waals surface area (Å²) in [5, 5.41) is 12.5. The molecule has 0 aliphatic rings. The van der Waals surface area contributed by atoms with Crippen molar-refractivity contribution < 1.29 is 57.5 Å². The van der Waals surface area contributed by atoms with Crippen molar-refractivity contribution in [1.29, 1.82) is 0 Å². The SMILES string of the molecule is CC(C)CCCNC(=O)Cc1ccccc1SSC(C)CCC(=O)CNC(=O)c1ccccc1.CC(CCC(=O)CNC(=O)c1ccccc1)SSc1ccccc1CC(=O)C(C)C.CCc1cc(C(=O)CC(=O)CCC(C)SSc2ccccc2CC(=O)C(C)C)ccn1.CCc1cccc(C(=O)CC(=O)CCC(C)SSc2ccccc2CC(=O)NCCCC(C)C)c1. The molecule has 0 spiro atoms. The molecule has 700 valence electrons. The first-order valence-corrected chi connectivity index (χ1v) is 54.2. The number of aromatic nitrogens is 1. The third kappa shape index (κ3) is 47.9. The molecule has 0 radical (unpaired) electrons. The molecular formula is C105H135N5O12S8. The van der Waals surface area contributed by atoms with Crippen LogP contribution < -0.4 is 21.3 Å². The molecular weight excluding hydrogens is 1780 g/mol. The standard InChI is InChI=1S/C29H39NO3S2.C27H36N2O3S2.C25H31NO3S2.C24H29NO3S2/c1-5-23-11-8-13-24(18-23)27(32)20-26(31)16-15-22(4)34-35-28-14-7-6-12-25(28)19-29(33)30-17-9-10-21(2)3;1-20(2)10-9-17-28-26(31)18-23-13-7-8-14-25(23)34-33-21(3)15-16-24(30)19-29-27(32)22-11-5-4-6-12-22;1-5-21-14-19(12-13-26-21)24(29)16-22(27)11-10-18(4)30-31-25-9-7-6-8-20(25)15-23(28)17(2)3;1-17(2)22(27)15-20-11-7-8-12-23(20)30-29-18(3)13-14-21(26)16-25-24(28)19-9-5-4-6-10-19/h6-8,11-14,18,21-22H,5,9-10,15-17,19-20H2,1-4H3,(H,30,33);4-8,11-14,20-21H,9-10,15-19H2,1-3H3,(H,28,31)(H,29,32);6-9,12-14,17-18H,5,10-11,15-16H2,1-4H3;4-12,17-18H,13-16H2,1-3H3,(H,25,28). The van der Waals surface area contributed by atoms with E-state index in [1.54, 1.807) is 159 Å². The van der Waals surface area contributed by atoms with E-state index in [4.69, 9.17) is 0 Å². The smallest absolute Gasteiger partial charge is 0.251 e. The Balaban J connectivity index is 0.000000307. The zero-order chi connectivity index (χ0) is 95.1. The first-order valence-electron chi connectivity index (χ1n) is 45.4. The molecule has 0 aliphatic carbocycles. The maximum absolute atomic E-state index is 12.5. The van der Waals surface area contributed by atoms with Crippen molar-refractivity contribution in [2.24, 2.45) is 23.7 Å². The number of benzene rings is 7. The van der Waals surface area contributed by atoms with Gasteiger partial charge in [0.25, 0.3) is 11.8 Å². The average Bonchev–Trinajstić information content (AvgIpc) is 0.881. The second-order valence-corrected chi connectivity index (χ2v) is 44.4. The van der Waals surface area contributed by atoms with Gasteiger partial charge in [0.2, 0.25) is 11.8 Å². The van der Waals surface area contributed by atoms with Crippen molar-refractivity contribution >= 4 is 156 Å². The molecule has 4 unspecified atom stereocenters. The van der Waals surface area contributed by atoms with Gasteiger partial charge in [0.05, 0.1) is 38.8 Å². The van der Waals surface area contributed by atoms with Gasteiger partial charge in [-0.1, -0.05) is 311 Å². The highest BCUT2D eigenvalue weighted by Crippen LogP contribution is 2.42. The van der Waals surface area contributed by atoms with Gasteiger partial charge in [-0.2, -0.15) is 0 Å². The molecule has 17 nitrogen and oxygen atoms in total. The highest BCUT2D eigenvalue weighted by Gasteiger charge is 2.22. The topological polar surface area (TPSA) is 266 Å². The minimum atomic E-state index is -0.229. The fourth-order valence-electron chi connectivity index (χ4n) is 12.3. The lowest BCUT2D eigenvalue weighted by atomic mass is 10.0. The Kier molecular flexibility index (Phi) is 55.7. The van der Waals surface area contributed by atoms with E-state index < -0.39 is 0 Å². The molecule has 4 atom stereocenters. The summed E-state index contributed by atoms with van der Waals surface area (Å²) < 4.78 is 0. The average molecular weight is 1920 g/mol. The zero-order valence-corrected chi connectivity index (χ0v) is 84.8. The van der Waals surface area contributed by atoms with Gasteiger partial charge in [0, 0.05) is 138 Å². The number of amides is 4. The van der Waals surface area contributed by atoms with Crippen molar-refractivity contribution in [2.75, 3.05) is 26.2 Å². The van der Waals surface area contributed by atoms with Gasteiger partial charge >= 0.3 is 0 Å². The van der Waals surface area contributed by atoms with E-state index in [0.717, 1.165) is 124 Å². The number of hydrogen-bond donors (Lipinski definition) is 4. The summed E-state index contributed by atoms with van der Waals surface area (Å²) in [5.41, 5.74) is 8.41. The van der Waals surface area contributed by atoms with Crippen LogP contribution in [0.3, 0.4) is 0 Å². The van der Waals surface area contributed by atoms with Crippen LogP contribution in [0.1, 0.15) is 262 Å². The molecule has 0 saturated carbocycles. The van der Waals surface area contributed by atoms with Crippen LogP contribution in [-0.2, 0) is 76.9 Å². The highest BCUT2D eigenvalue weighted by atomic mass is 33.1. The van der Waals surface area contributed by atoms with Crippen molar-refractivity contribution in [3.05, 3.63) is 256 Å². The molecule has 0 saturated heterocycles. The summed E-state index contributed by atoms with van der Waals surface area (Å²) in [6.07, 6.45) is 13.6. The number of rotatable bonds is 56. The predicted octanol–water partition coefficient (Wildman–Crippen LogP) is 24.3. The highest BCUT2D eigenvalue weighted by molar-refractivity contribution is 8.77. The molecule has 1 aromatic heterocycles.